The molecular weight excluding hydrogens is 357 g/mol. The molecule has 122 valence electrons. The van der Waals surface area contributed by atoms with Gasteiger partial charge in [0.1, 0.15) is 5.75 Å². The summed E-state index contributed by atoms with van der Waals surface area (Å²) in [6.07, 6.45) is 0. The zero-order chi connectivity index (χ0) is 17.3. The summed E-state index contributed by atoms with van der Waals surface area (Å²) in [5, 5.41) is 23.0. The second-order valence-corrected chi connectivity index (χ2v) is 5.47. The van der Waals surface area contributed by atoms with Crippen LogP contribution in [0.4, 0.5) is 5.69 Å². The average molecular weight is 366 g/mol. The van der Waals surface area contributed by atoms with Crippen LogP contribution in [0.1, 0.15) is 0 Å². The Bertz CT molecular complexity index is 911. The fraction of sp³-hybridized carbons (Fsp3) is 0.0714. The van der Waals surface area contributed by atoms with E-state index in [0.29, 0.717) is 32.9 Å². The summed E-state index contributed by atoms with van der Waals surface area (Å²) in [5.74, 6) is 0.789. The summed E-state index contributed by atoms with van der Waals surface area (Å²) in [6.45, 7) is 0. The van der Waals surface area contributed by atoms with E-state index < -0.39 is 4.92 Å². The molecule has 0 fully saturated rings. The summed E-state index contributed by atoms with van der Waals surface area (Å²) in [7, 11) is 1.48. The van der Waals surface area contributed by atoms with Gasteiger partial charge in [0.15, 0.2) is 5.82 Å². The third-order valence-corrected chi connectivity index (χ3v) is 3.85. The molecule has 0 aliphatic carbocycles. The molecule has 3 rings (SSSR count). The normalized spacial score (nSPS) is 10.6. The number of nitro benzene ring substituents is 1. The third-order valence-electron chi connectivity index (χ3n) is 3.26. The molecular formula is C14H9Cl2N5O3. The topological polar surface area (TPSA) is 96.0 Å². The second-order valence-electron chi connectivity index (χ2n) is 4.66. The molecule has 0 saturated heterocycles. The molecule has 10 heteroatoms. The maximum Gasteiger partial charge on any atom is 0.269 e. The van der Waals surface area contributed by atoms with Gasteiger partial charge in [-0.05, 0) is 28.6 Å². The number of aromatic nitrogens is 4. The quantitative estimate of drug-likeness (QED) is 0.518. The van der Waals surface area contributed by atoms with Crippen molar-refractivity contribution < 1.29 is 9.66 Å². The number of halogens is 2. The van der Waals surface area contributed by atoms with Crippen molar-refractivity contribution >= 4 is 28.9 Å². The number of non-ortho nitro benzene ring substituents is 1. The molecule has 0 unspecified atom stereocenters. The summed E-state index contributed by atoms with van der Waals surface area (Å²) < 4.78 is 6.58. The fourth-order valence-corrected chi connectivity index (χ4v) is 2.64. The molecule has 3 aromatic rings. The first-order chi connectivity index (χ1) is 11.5. The number of benzene rings is 2. The average Bonchev–Trinajstić information content (AvgIpc) is 3.04. The highest BCUT2D eigenvalue weighted by Crippen LogP contribution is 2.34. The predicted octanol–water partition coefficient (Wildman–Crippen LogP) is 3.55. The summed E-state index contributed by atoms with van der Waals surface area (Å²) in [6, 6.07) is 8.99. The van der Waals surface area contributed by atoms with Crippen LogP contribution in [0, 0.1) is 10.1 Å². The lowest BCUT2D eigenvalue weighted by atomic mass is 10.2. The molecule has 0 spiro atoms. The molecule has 0 N–H and O–H groups in total. The molecule has 0 saturated carbocycles. The first kappa shape index (κ1) is 16.2. The van der Waals surface area contributed by atoms with Crippen LogP contribution in [0.2, 0.25) is 10.0 Å². The van der Waals surface area contributed by atoms with Crippen LogP contribution in [0.3, 0.4) is 0 Å². The van der Waals surface area contributed by atoms with E-state index in [1.54, 1.807) is 18.2 Å². The van der Waals surface area contributed by atoms with Crippen molar-refractivity contribution in [2.24, 2.45) is 0 Å². The van der Waals surface area contributed by atoms with E-state index in [-0.39, 0.29) is 5.69 Å². The van der Waals surface area contributed by atoms with Gasteiger partial charge >= 0.3 is 0 Å². The largest absolute Gasteiger partial charge is 0.495 e. The van der Waals surface area contributed by atoms with Crippen molar-refractivity contribution in [3.05, 3.63) is 56.6 Å². The fourth-order valence-electron chi connectivity index (χ4n) is 2.10. The number of nitrogens with zero attached hydrogens (tertiary/aromatic N) is 5. The minimum Gasteiger partial charge on any atom is -0.495 e. The van der Waals surface area contributed by atoms with Crippen LogP contribution in [0.5, 0.6) is 5.75 Å². The highest BCUT2D eigenvalue weighted by atomic mass is 35.5. The molecule has 0 aliphatic rings. The monoisotopic (exact) mass is 365 g/mol. The van der Waals surface area contributed by atoms with Crippen LogP contribution in [-0.2, 0) is 0 Å². The van der Waals surface area contributed by atoms with Gasteiger partial charge in [-0.25, -0.2) is 0 Å². The smallest absolute Gasteiger partial charge is 0.269 e. The Morgan fingerprint density at radius 2 is 1.88 bits per heavy atom. The number of tetrazole rings is 1. The van der Waals surface area contributed by atoms with Crippen LogP contribution in [0.15, 0.2) is 36.4 Å². The van der Waals surface area contributed by atoms with Crippen LogP contribution in [-0.4, -0.2) is 32.2 Å². The van der Waals surface area contributed by atoms with E-state index in [4.69, 9.17) is 27.9 Å². The third kappa shape index (κ3) is 2.89. The van der Waals surface area contributed by atoms with E-state index in [9.17, 15) is 10.1 Å². The second kappa shape index (κ2) is 6.42. The summed E-state index contributed by atoms with van der Waals surface area (Å²) in [5.41, 5.74) is 1.04. The Morgan fingerprint density at radius 3 is 2.50 bits per heavy atom. The zero-order valence-electron chi connectivity index (χ0n) is 12.2. The van der Waals surface area contributed by atoms with Crippen molar-refractivity contribution in [3.8, 4) is 22.8 Å². The maximum absolute atomic E-state index is 10.8. The van der Waals surface area contributed by atoms with E-state index in [1.165, 1.54) is 30.0 Å². The molecule has 2 aromatic carbocycles. The Labute approximate surface area is 145 Å². The van der Waals surface area contributed by atoms with Gasteiger partial charge in [-0.1, -0.05) is 23.2 Å². The Morgan fingerprint density at radius 1 is 1.17 bits per heavy atom. The first-order valence-corrected chi connectivity index (χ1v) is 7.33. The van der Waals surface area contributed by atoms with E-state index in [0.717, 1.165) is 0 Å². The van der Waals surface area contributed by atoms with Gasteiger partial charge in [0.05, 0.1) is 27.8 Å². The molecule has 0 aliphatic heterocycles. The van der Waals surface area contributed by atoms with Crippen molar-refractivity contribution in [2.45, 2.75) is 0 Å². The lowest BCUT2D eigenvalue weighted by molar-refractivity contribution is -0.384. The number of nitro groups is 1. The van der Waals surface area contributed by atoms with Crippen LogP contribution < -0.4 is 4.74 Å². The van der Waals surface area contributed by atoms with Gasteiger partial charge in [0.25, 0.3) is 5.69 Å². The van der Waals surface area contributed by atoms with Crippen molar-refractivity contribution in [1.29, 1.82) is 0 Å². The van der Waals surface area contributed by atoms with E-state index >= 15 is 0 Å². The molecule has 8 nitrogen and oxygen atoms in total. The molecule has 0 atom stereocenters. The van der Waals surface area contributed by atoms with Crippen LogP contribution >= 0.6 is 23.2 Å². The lowest BCUT2D eigenvalue weighted by Gasteiger charge is -2.10. The molecule has 1 aromatic heterocycles. The number of rotatable bonds is 4. The Hall–Kier alpha value is -2.71. The number of hydrogen-bond donors (Lipinski definition) is 0. The molecule has 0 radical (unpaired) electrons. The minimum atomic E-state index is -0.478. The molecule has 0 amide bonds. The molecule has 24 heavy (non-hydrogen) atoms. The zero-order valence-corrected chi connectivity index (χ0v) is 13.7. The van der Waals surface area contributed by atoms with Crippen molar-refractivity contribution in [3.63, 3.8) is 0 Å². The minimum absolute atomic E-state index is 0.0241. The summed E-state index contributed by atoms with van der Waals surface area (Å²) >= 11 is 12.3. The van der Waals surface area contributed by atoms with Gasteiger partial charge < -0.3 is 4.74 Å². The number of methoxy groups -OCH3 is 1. The Kier molecular flexibility index (Phi) is 4.32. The highest BCUT2D eigenvalue weighted by Gasteiger charge is 2.17. The lowest BCUT2D eigenvalue weighted by Crippen LogP contribution is -2.02. The molecule has 0 bridgehead atoms. The van der Waals surface area contributed by atoms with Gasteiger partial charge in [0, 0.05) is 23.8 Å². The van der Waals surface area contributed by atoms with Gasteiger partial charge in [-0.2, -0.15) is 4.68 Å². The summed E-state index contributed by atoms with van der Waals surface area (Å²) in [4.78, 5) is 10.3. The highest BCUT2D eigenvalue weighted by molar-refractivity contribution is 6.36. The van der Waals surface area contributed by atoms with E-state index in [1.807, 2.05) is 0 Å². The predicted molar refractivity (Wildman–Crippen MR) is 87.8 cm³/mol. The van der Waals surface area contributed by atoms with Gasteiger partial charge in [-0.15, -0.1) is 5.10 Å². The SMILES string of the molecule is COc1cc(-n2nnnc2-c2ccc([N+](=O)[O-])cc2)c(Cl)cc1Cl. The first-order valence-electron chi connectivity index (χ1n) is 6.58. The van der Waals surface area contributed by atoms with E-state index in [2.05, 4.69) is 15.5 Å². The number of hydrogen-bond acceptors (Lipinski definition) is 6. The number of ether oxygens (including phenoxy) is 1. The van der Waals surface area contributed by atoms with Crippen molar-refractivity contribution in [2.75, 3.05) is 7.11 Å². The van der Waals surface area contributed by atoms with Gasteiger partial charge in [-0.3, -0.25) is 10.1 Å². The Balaban J connectivity index is 2.10. The maximum atomic E-state index is 10.8. The van der Waals surface area contributed by atoms with Gasteiger partial charge in [0.2, 0.25) is 0 Å². The molecule has 1 heterocycles. The van der Waals surface area contributed by atoms with Crippen LogP contribution in [0.25, 0.3) is 17.1 Å². The standard InChI is InChI=1S/C14H9Cl2N5O3/c1-24-13-7-12(10(15)6-11(13)16)20-14(17-18-19-20)8-2-4-9(5-3-8)21(22)23/h2-7H,1H3. The van der Waals surface area contributed by atoms with Crippen molar-refractivity contribution in [1.82, 2.24) is 20.2 Å².